The second kappa shape index (κ2) is 9.75. The van der Waals surface area contributed by atoms with E-state index in [1.807, 2.05) is 47.9 Å². The van der Waals surface area contributed by atoms with Crippen molar-refractivity contribution < 1.29 is 13.2 Å². The Morgan fingerprint density at radius 1 is 1.03 bits per heavy atom. The molecule has 4 aromatic rings. The number of nitrogens with two attached hydrogens (primary N) is 1. The molecular formula is C23H22N6O3S2. The number of primary sulfonamides is 1. The number of rotatable bonds is 7. The van der Waals surface area contributed by atoms with Gasteiger partial charge < -0.3 is 5.32 Å². The van der Waals surface area contributed by atoms with Crippen molar-refractivity contribution in [1.29, 1.82) is 0 Å². The Hall–Kier alpha value is -3.54. The number of para-hydroxylation sites is 1. The first-order chi connectivity index (χ1) is 16.2. The molecule has 11 heteroatoms. The zero-order chi connectivity index (χ0) is 24.3. The van der Waals surface area contributed by atoms with Gasteiger partial charge in [-0.25, -0.2) is 13.6 Å². The number of carbonyl (C=O) groups is 1. The molecule has 0 aliphatic heterocycles. The fourth-order valence-corrected chi connectivity index (χ4v) is 4.63. The lowest BCUT2D eigenvalue weighted by molar-refractivity contribution is -0.115. The summed E-state index contributed by atoms with van der Waals surface area (Å²) in [5.74, 6) is 0.378. The lowest BCUT2D eigenvalue weighted by Crippen LogP contribution is -2.23. The second-order valence-electron chi connectivity index (χ2n) is 7.48. The number of thioether (sulfide) groups is 1. The fourth-order valence-electron chi connectivity index (χ4n) is 3.25. The zero-order valence-corrected chi connectivity index (χ0v) is 20.0. The number of pyridine rings is 1. The quantitative estimate of drug-likeness (QED) is 0.376. The van der Waals surface area contributed by atoms with Crippen molar-refractivity contribution in [2.75, 3.05) is 5.32 Å². The van der Waals surface area contributed by atoms with Crippen molar-refractivity contribution in [2.45, 2.75) is 29.1 Å². The lowest BCUT2D eigenvalue weighted by Gasteiger charge is -2.15. The molecule has 34 heavy (non-hydrogen) atoms. The second-order valence-corrected chi connectivity index (χ2v) is 10.4. The maximum atomic E-state index is 12.8. The number of aryl methyl sites for hydroxylation is 1. The van der Waals surface area contributed by atoms with Gasteiger partial charge in [-0.15, -0.1) is 10.2 Å². The minimum absolute atomic E-state index is 0.0251. The minimum Gasteiger partial charge on any atom is -0.325 e. The summed E-state index contributed by atoms with van der Waals surface area (Å²) in [6, 6.07) is 17.3. The molecule has 0 radical (unpaired) electrons. The van der Waals surface area contributed by atoms with Crippen LogP contribution in [0.5, 0.6) is 0 Å². The first-order valence-corrected chi connectivity index (χ1v) is 12.7. The van der Waals surface area contributed by atoms with E-state index < -0.39 is 15.3 Å². The van der Waals surface area contributed by atoms with Crippen LogP contribution in [-0.4, -0.2) is 39.3 Å². The summed E-state index contributed by atoms with van der Waals surface area (Å²) < 4.78 is 24.8. The number of aromatic nitrogens is 4. The molecule has 9 nitrogen and oxygen atoms in total. The van der Waals surface area contributed by atoms with Gasteiger partial charge in [0.2, 0.25) is 15.9 Å². The Bertz CT molecular complexity index is 1420. The minimum atomic E-state index is -3.80. The van der Waals surface area contributed by atoms with Gasteiger partial charge in [-0.3, -0.25) is 14.3 Å². The van der Waals surface area contributed by atoms with Crippen LogP contribution in [0.25, 0.3) is 17.1 Å². The van der Waals surface area contributed by atoms with Crippen molar-refractivity contribution in [3.63, 3.8) is 0 Å². The fraction of sp³-hybridized carbons (Fsp3) is 0.130. The summed E-state index contributed by atoms with van der Waals surface area (Å²) in [7, 11) is -3.80. The number of nitrogens with zero attached hydrogens (tertiary/aromatic N) is 4. The van der Waals surface area contributed by atoms with E-state index in [1.165, 1.54) is 36.0 Å². The molecule has 4 rings (SSSR count). The molecule has 2 aromatic carbocycles. The molecule has 1 amide bonds. The largest absolute Gasteiger partial charge is 0.325 e. The summed E-state index contributed by atoms with van der Waals surface area (Å²) in [5.41, 5.74) is 3.26. The Morgan fingerprint density at radius 3 is 2.35 bits per heavy atom. The molecule has 2 aromatic heterocycles. The van der Waals surface area contributed by atoms with Gasteiger partial charge in [-0.2, -0.15) is 0 Å². The van der Waals surface area contributed by atoms with Gasteiger partial charge in [0, 0.05) is 23.6 Å². The van der Waals surface area contributed by atoms with Crippen molar-refractivity contribution in [3.8, 4) is 17.1 Å². The van der Waals surface area contributed by atoms with E-state index in [1.54, 1.807) is 19.3 Å². The molecule has 174 valence electrons. The zero-order valence-electron chi connectivity index (χ0n) is 18.4. The number of sulfonamides is 1. The van der Waals surface area contributed by atoms with E-state index in [4.69, 9.17) is 5.14 Å². The molecule has 0 bridgehead atoms. The average molecular weight is 495 g/mol. The van der Waals surface area contributed by atoms with E-state index in [9.17, 15) is 13.2 Å². The Kier molecular flexibility index (Phi) is 6.77. The molecule has 0 unspecified atom stereocenters. The van der Waals surface area contributed by atoms with Crippen molar-refractivity contribution in [3.05, 3.63) is 78.6 Å². The van der Waals surface area contributed by atoms with E-state index >= 15 is 0 Å². The molecule has 0 spiro atoms. The predicted molar refractivity (Wildman–Crippen MR) is 131 cm³/mol. The van der Waals surface area contributed by atoms with Crippen molar-refractivity contribution in [2.24, 2.45) is 5.14 Å². The number of benzene rings is 2. The average Bonchev–Trinajstić information content (AvgIpc) is 3.23. The molecule has 3 N–H and O–H groups in total. The summed E-state index contributed by atoms with van der Waals surface area (Å²) in [6.45, 7) is 3.77. The van der Waals surface area contributed by atoms with Crippen LogP contribution in [-0.2, 0) is 14.8 Å². The maximum absolute atomic E-state index is 12.8. The third-order valence-corrected chi connectivity index (χ3v) is 7.00. The molecule has 2 heterocycles. The molecule has 0 saturated carbocycles. The number of hydrogen-bond donors (Lipinski definition) is 2. The number of amides is 1. The summed E-state index contributed by atoms with van der Waals surface area (Å²) >= 11 is 1.27. The van der Waals surface area contributed by atoms with Crippen LogP contribution in [0, 0.1) is 6.92 Å². The number of nitrogens with one attached hydrogen (secondary N) is 1. The van der Waals surface area contributed by atoms with Gasteiger partial charge in [0.15, 0.2) is 11.0 Å². The van der Waals surface area contributed by atoms with Gasteiger partial charge in [0.1, 0.15) is 0 Å². The van der Waals surface area contributed by atoms with Crippen LogP contribution >= 0.6 is 11.8 Å². The first kappa shape index (κ1) is 23.6. The topological polar surface area (TPSA) is 133 Å². The Balaban J connectivity index is 1.60. The van der Waals surface area contributed by atoms with Crippen LogP contribution in [0.2, 0.25) is 0 Å². The monoisotopic (exact) mass is 494 g/mol. The standard InChI is InChI=1S/C23H22N6O3S2/c1-15-5-3-4-6-20(15)29-21(17-11-13-25-14-12-17)27-28-23(29)33-16(2)22(30)26-18-7-9-19(10-8-18)34(24,31)32/h3-14,16H,1-2H3,(H,26,30)(H2,24,31,32)/t16-/m1/s1. The third-order valence-electron chi connectivity index (χ3n) is 5.03. The SMILES string of the molecule is Cc1ccccc1-n1c(S[C@H](C)C(=O)Nc2ccc(S(N)(=O)=O)cc2)nnc1-c1ccncc1. The van der Waals surface area contributed by atoms with Crippen LogP contribution < -0.4 is 10.5 Å². The van der Waals surface area contributed by atoms with Gasteiger partial charge in [-0.05, 0) is 61.9 Å². The van der Waals surface area contributed by atoms with E-state index in [-0.39, 0.29) is 10.8 Å². The highest BCUT2D eigenvalue weighted by atomic mass is 32.2. The summed E-state index contributed by atoms with van der Waals surface area (Å²) in [5, 5.41) is 16.7. The Labute approximate surface area is 201 Å². The van der Waals surface area contributed by atoms with Gasteiger partial charge in [0.05, 0.1) is 15.8 Å². The van der Waals surface area contributed by atoms with E-state index in [0.29, 0.717) is 16.7 Å². The van der Waals surface area contributed by atoms with Crippen molar-refractivity contribution >= 4 is 33.4 Å². The number of hydrogen-bond acceptors (Lipinski definition) is 7. The number of anilines is 1. The molecule has 1 atom stereocenters. The number of carbonyl (C=O) groups excluding carboxylic acids is 1. The Morgan fingerprint density at radius 2 is 1.71 bits per heavy atom. The predicted octanol–water partition coefficient (Wildman–Crippen LogP) is 3.40. The van der Waals surface area contributed by atoms with Crippen LogP contribution in [0.3, 0.4) is 0 Å². The molecule has 0 aliphatic rings. The van der Waals surface area contributed by atoms with Gasteiger partial charge in [-0.1, -0.05) is 30.0 Å². The first-order valence-electron chi connectivity index (χ1n) is 10.3. The van der Waals surface area contributed by atoms with E-state index in [2.05, 4.69) is 20.5 Å². The van der Waals surface area contributed by atoms with Crippen LogP contribution in [0.15, 0.2) is 83.1 Å². The molecule has 0 saturated heterocycles. The molecule has 0 fully saturated rings. The van der Waals surface area contributed by atoms with Gasteiger partial charge in [0.25, 0.3) is 0 Å². The summed E-state index contributed by atoms with van der Waals surface area (Å²) in [4.78, 5) is 16.9. The highest BCUT2D eigenvalue weighted by Gasteiger charge is 2.23. The smallest absolute Gasteiger partial charge is 0.238 e. The lowest BCUT2D eigenvalue weighted by atomic mass is 10.2. The molecule has 0 aliphatic carbocycles. The maximum Gasteiger partial charge on any atom is 0.238 e. The highest BCUT2D eigenvalue weighted by Crippen LogP contribution is 2.31. The van der Waals surface area contributed by atoms with Crippen LogP contribution in [0.4, 0.5) is 5.69 Å². The molecular weight excluding hydrogens is 472 g/mol. The van der Waals surface area contributed by atoms with Crippen LogP contribution in [0.1, 0.15) is 12.5 Å². The summed E-state index contributed by atoms with van der Waals surface area (Å²) in [6.07, 6.45) is 3.38. The normalized spacial score (nSPS) is 12.3. The van der Waals surface area contributed by atoms with Crippen molar-refractivity contribution in [1.82, 2.24) is 19.7 Å². The van der Waals surface area contributed by atoms with E-state index in [0.717, 1.165) is 16.8 Å². The van der Waals surface area contributed by atoms with Gasteiger partial charge >= 0.3 is 0 Å². The third kappa shape index (κ3) is 5.16. The highest BCUT2D eigenvalue weighted by molar-refractivity contribution is 8.00.